The molecule has 21 heavy (non-hydrogen) atoms. The van der Waals surface area contributed by atoms with Crippen molar-refractivity contribution >= 4 is 22.9 Å². The molecule has 2 aromatic heterocycles. The molecule has 0 aliphatic rings. The zero-order valence-corrected chi connectivity index (χ0v) is 12.1. The highest BCUT2D eigenvalue weighted by atomic mass is 16.5. The first-order valence-corrected chi connectivity index (χ1v) is 6.41. The molecule has 0 aromatic carbocycles. The second kappa shape index (κ2) is 6.25. The topological polar surface area (TPSA) is 93.3 Å². The largest absolute Gasteiger partial charge is 0.481 e. The van der Waals surface area contributed by atoms with Gasteiger partial charge in [-0.2, -0.15) is 0 Å². The Morgan fingerprint density at radius 3 is 2.76 bits per heavy atom. The first kappa shape index (κ1) is 14.8. The fourth-order valence-electron chi connectivity index (χ4n) is 2.11. The normalized spacial score (nSPS) is 12.0. The maximum atomic E-state index is 11.7. The van der Waals surface area contributed by atoms with Gasteiger partial charge in [-0.05, 0) is 11.6 Å². The van der Waals surface area contributed by atoms with Crippen LogP contribution in [0, 0.1) is 0 Å². The summed E-state index contributed by atoms with van der Waals surface area (Å²) < 4.78 is 9.81. The quantitative estimate of drug-likeness (QED) is 0.794. The molecule has 0 saturated heterocycles. The maximum Gasteiger partial charge on any atom is 0.328 e. The summed E-state index contributed by atoms with van der Waals surface area (Å²) in [6.45, 7) is 1.35. The molecule has 2 heterocycles. The van der Waals surface area contributed by atoms with Crippen LogP contribution in [0.15, 0.2) is 18.3 Å². The molecule has 0 radical (unpaired) electrons. The van der Waals surface area contributed by atoms with Gasteiger partial charge in [0.1, 0.15) is 6.04 Å². The first-order valence-electron chi connectivity index (χ1n) is 6.41. The zero-order valence-electron chi connectivity index (χ0n) is 12.1. The van der Waals surface area contributed by atoms with Gasteiger partial charge in [-0.3, -0.25) is 4.79 Å². The van der Waals surface area contributed by atoms with Crippen LogP contribution in [-0.2, 0) is 20.7 Å². The Labute approximate surface area is 121 Å². The van der Waals surface area contributed by atoms with Gasteiger partial charge in [0, 0.05) is 25.6 Å². The summed E-state index contributed by atoms with van der Waals surface area (Å²) in [5.74, 6) is -0.310. The van der Waals surface area contributed by atoms with Crippen LogP contribution >= 0.6 is 0 Å². The minimum Gasteiger partial charge on any atom is -0.481 e. The molecule has 7 nitrogen and oxygen atoms in total. The van der Waals surface area contributed by atoms with E-state index in [0.29, 0.717) is 11.4 Å². The summed E-state index contributed by atoms with van der Waals surface area (Å²) in [6.07, 6.45) is 2.04. The lowest BCUT2D eigenvalue weighted by Crippen LogP contribution is -2.41. The van der Waals surface area contributed by atoms with E-state index in [1.165, 1.54) is 21.1 Å². The monoisotopic (exact) mass is 291 g/mol. The lowest BCUT2D eigenvalue weighted by molar-refractivity contribution is -0.144. The number of nitrogens with zero attached hydrogens (tertiary/aromatic N) is 1. The SMILES string of the molecule is COC(=O)C(Cc1c[nH]c2ccc(OC)nc12)NC(C)=O. The molecule has 0 fully saturated rings. The Hall–Kier alpha value is -2.57. The minimum absolute atomic E-state index is 0.284. The third kappa shape index (κ3) is 3.31. The van der Waals surface area contributed by atoms with Crippen molar-refractivity contribution in [3.05, 3.63) is 23.9 Å². The van der Waals surface area contributed by atoms with Crippen LogP contribution in [0.4, 0.5) is 0 Å². The summed E-state index contributed by atoms with van der Waals surface area (Å²) in [4.78, 5) is 30.4. The van der Waals surface area contributed by atoms with Crippen LogP contribution in [0.5, 0.6) is 5.88 Å². The van der Waals surface area contributed by atoms with E-state index in [1.807, 2.05) is 6.07 Å². The standard InChI is InChI=1S/C14H17N3O4/c1-8(18)16-11(14(19)21-3)6-9-7-15-10-4-5-12(20-2)17-13(9)10/h4-5,7,11,15H,6H2,1-3H3,(H,16,18). The van der Waals surface area contributed by atoms with Gasteiger partial charge >= 0.3 is 5.97 Å². The molecule has 1 amide bonds. The highest BCUT2D eigenvalue weighted by Crippen LogP contribution is 2.20. The first-order chi connectivity index (χ1) is 10.0. The number of hydrogen-bond donors (Lipinski definition) is 2. The third-order valence-corrected chi connectivity index (χ3v) is 3.07. The molecule has 0 aliphatic carbocycles. The molecule has 2 rings (SSSR count). The van der Waals surface area contributed by atoms with E-state index < -0.39 is 12.0 Å². The number of rotatable bonds is 5. The fraction of sp³-hybridized carbons (Fsp3) is 0.357. The second-order valence-electron chi connectivity index (χ2n) is 4.54. The Morgan fingerprint density at radius 2 is 2.14 bits per heavy atom. The number of pyridine rings is 1. The van der Waals surface area contributed by atoms with E-state index in [2.05, 4.69) is 15.3 Å². The molecule has 112 valence electrons. The summed E-state index contributed by atoms with van der Waals surface area (Å²) in [7, 11) is 2.82. The van der Waals surface area contributed by atoms with Gasteiger partial charge < -0.3 is 19.8 Å². The molecule has 0 saturated carbocycles. The van der Waals surface area contributed by atoms with E-state index in [-0.39, 0.29) is 12.3 Å². The van der Waals surface area contributed by atoms with Crippen LogP contribution < -0.4 is 10.1 Å². The lowest BCUT2D eigenvalue weighted by Gasteiger charge is -2.14. The van der Waals surface area contributed by atoms with Crippen LogP contribution in [0.25, 0.3) is 11.0 Å². The van der Waals surface area contributed by atoms with Crippen LogP contribution in [0.1, 0.15) is 12.5 Å². The van der Waals surface area contributed by atoms with Crippen molar-refractivity contribution in [3.8, 4) is 5.88 Å². The number of H-pyrrole nitrogens is 1. The van der Waals surface area contributed by atoms with E-state index in [0.717, 1.165) is 11.1 Å². The Balaban J connectivity index is 2.31. The predicted octanol–water partition coefficient (Wildman–Crippen LogP) is 0.792. The number of hydrogen-bond acceptors (Lipinski definition) is 5. The van der Waals surface area contributed by atoms with E-state index >= 15 is 0 Å². The molecule has 2 N–H and O–H groups in total. The Morgan fingerprint density at radius 1 is 1.38 bits per heavy atom. The second-order valence-corrected chi connectivity index (χ2v) is 4.54. The van der Waals surface area contributed by atoms with Crippen molar-refractivity contribution < 1.29 is 19.1 Å². The number of carbonyl (C=O) groups excluding carboxylic acids is 2. The predicted molar refractivity (Wildman–Crippen MR) is 76.0 cm³/mol. The number of nitrogens with one attached hydrogen (secondary N) is 2. The molecule has 0 bridgehead atoms. The van der Waals surface area contributed by atoms with Crippen molar-refractivity contribution in [1.82, 2.24) is 15.3 Å². The summed E-state index contributed by atoms with van der Waals surface area (Å²) in [6, 6.07) is 2.84. The summed E-state index contributed by atoms with van der Waals surface area (Å²) in [5.41, 5.74) is 2.33. The Bertz CT molecular complexity index is 665. The van der Waals surface area contributed by atoms with Crippen LogP contribution in [0.3, 0.4) is 0 Å². The maximum absolute atomic E-state index is 11.7. The van der Waals surface area contributed by atoms with Gasteiger partial charge in [-0.15, -0.1) is 0 Å². The summed E-state index contributed by atoms with van der Waals surface area (Å²) in [5, 5.41) is 2.58. The van der Waals surface area contributed by atoms with E-state index in [4.69, 9.17) is 9.47 Å². The number of esters is 1. The van der Waals surface area contributed by atoms with Crippen molar-refractivity contribution in [2.45, 2.75) is 19.4 Å². The fourth-order valence-corrected chi connectivity index (χ4v) is 2.11. The summed E-state index contributed by atoms with van der Waals surface area (Å²) >= 11 is 0. The number of fused-ring (bicyclic) bond motifs is 1. The smallest absolute Gasteiger partial charge is 0.328 e. The van der Waals surface area contributed by atoms with Crippen LogP contribution in [-0.4, -0.2) is 42.1 Å². The van der Waals surface area contributed by atoms with Gasteiger partial charge in [-0.25, -0.2) is 9.78 Å². The molecular formula is C14H17N3O4. The van der Waals surface area contributed by atoms with E-state index in [9.17, 15) is 9.59 Å². The number of methoxy groups -OCH3 is 2. The number of carbonyl (C=O) groups is 2. The van der Waals surface area contributed by atoms with Crippen molar-refractivity contribution in [1.29, 1.82) is 0 Å². The van der Waals surface area contributed by atoms with Crippen molar-refractivity contribution in [2.24, 2.45) is 0 Å². The third-order valence-electron chi connectivity index (χ3n) is 3.07. The zero-order chi connectivity index (χ0) is 15.4. The highest BCUT2D eigenvalue weighted by molar-refractivity contribution is 5.85. The van der Waals surface area contributed by atoms with Crippen LogP contribution in [0.2, 0.25) is 0 Å². The molecule has 1 unspecified atom stereocenters. The van der Waals surface area contributed by atoms with Gasteiger partial charge in [-0.1, -0.05) is 0 Å². The molecule has 1 atom stereocenters. The number of amides is 1. The number of aromatic nitrogens is 2. The highest BCUT2D eigenvalue weighted by Gasteiger charge is 2.22. The average Bonchev–Trinajstić information content (AvgIpc) is 2.87. The number of ether oxygens (including phenoxy) is 2. The lowest BCUT2D eigenvalue weighted by atomic mass is 10.1. The van der Waals surface area contributed by atoms with Crippen molar-refractivity contribution in [3.63, 3.8) is 0 Å². The molecule has 0 aliphatic heterocycles. The Kier molecular flexibility index (Phi) is 4.42. The van der Waals surface area contributed by atoms with E-state index in [1.54, 1.807) is 12.3 Å². The number of aromatic amines is 1. The van der Waals surface area contributed by atoms with Gasteiger partial charge in [0.15, 0.2) is 0 Å². The molecular weight excluding hydrogens is 274 g/mol. The average molecular weight is 291 g/mol. The van der Waals surface area contributed by atoms with Gasteiger partial charge in [0.25, 0.3) is 0 Å². The minimum atomic E-state index is -0.750. The van der Waals surface area contributed by atoms with Crippen molar-refractivity contribution in [2.75, 3.05) is 14.2 Å². The van der Waals surface area contributed by atoms with Gasteiger partial charge in [0.2, 0.25) is 11.8 Å². The van der Waals surface area contributed by atoms with Gasteiger partial charge in [0.05, 0.1) is 25.3 Å². The molecule has 0 spiro atoms. The molecule has 2 aromatic rings. The molecule has 7 heteroatoms.